The van der Waals surface area contributed by atoms with Crippen molar-refractivity contribution in [1.82, 2.24) is 0 Å². The van der Waals surface area contributed by atoms with Gasteiger partial charge in [-0.3, -0.25) is 4.79 Å². The van der Waals surface area contributed by atoms with Crippen LogP contribution in [0.1, 0.15) is 43.4 Å². The van der Waals surface area contributed by atoms with Gasteiger partial charge in [-0.15, -0.1) is 0 Å². The van der Waals surface area contributed by atoms with Gasteiger partial charge in [0.05, 0.1) is 24.9 Å². The number of anilines is 1. The summed E-state index contributed by atoms with van der Waals surface area (Å²) in [5.41, 5.74) is 5.21. The first-order chi connectivity index (χ1) is 15.7. The number of hydrogen-bond donors (Lipinski definition) is 2. The second-order valence-electron chi connectivity index (χ2n) is 8.17. The number of Topliss-reactive ketones (excluding diaryl/α,β-unsaturated/α-hetero) is 1. The summed E-state index contributed by atoms with van der Waals surface area (Å²) in [6.45, 7) is 2.56. The average Bonchev–Trinajstić information content (AvgIpc) is 2.83. The van der Waals surface area contributed by atoms with Gasteiger partial charge in [0.15, 0.2) is 17.3 Å². The number of ether oxygens (including phenoxy) is 2. The summed E-state index contributed by atoms with van der Waals surface area (Å²) in [5.74, 6) is 1.42. The summed E-state index contributed by atoms with van der Waals surface area (Å²) < 4.78 is 11.5. The van der Waals surface area contributed by atoms with E-state index in [1.54, 1.807) is 0 Å². The van der Waals surface area contributed by atoms with Crippen LogP contribution < -0.4 is 14.8 Å². The minimum Gasteiger partial charge on any atom is -0.490 e. The fraction of sp³-hybridized carbons (Fsp3) is 0.296. The van der Waals surface area contributed by atoms with Gasteiger partial charge in [0.25, 0.3) is 0 Å². The van der Waals surface area contributed by atoms with E-state index in [1.165, 1.54) is 5.39 Å². The number of aliphatic hydroxyl groups excluding tert-OH is 1. The van der Waals surface area contributed by atoms with Gasteiger partial charge in [0.2, 0.25) is 0 Å². The molecule has 2 aliphatic rings. The number of allylic oxidation sites excluding steroid dienone is 1. The molecule has 3 aromatic carbocycles. The number of benzene rings is 3. The molecule has 1 atom stereocenters. The molecule has 1 heterocycles. The monoisotopic (exact) mass is 429 g/mol. The van der Waals surface area contributed by atoms with Crippen LogP contribution >= 0.6 is 0 Å². The molecule has 0 bridgehead atoms. The highest BCUT2D eigenvalue weighted by molar-refractivity contribution is 6.11. The van der Waals surface area contributed by atoms with Crippen molar-refractivity contribution in [3.05, 3.63) is 71.3 Å². The molecule has 5 rings (SSSR count). The Labute approximate surface area is 187 Å². The maximum atomic E-state index is 13.1. The van der Waals surface area contributed by atoms with Gasteiger partial charge in [-0.05, 0) is 48.4 Å². The molecule has 5 heteroatoms. The van der Waals surface area contributed by atoms with E-state index in [-0.39, 0.29) is 25.0 Å². The topological polar surface area (TPSA) is 67.8 Å². The van der Waals surface area contributed by atoms with Crippen LogP contribution in [0.3, 0.4) is 0 Å². The van der Waals surface area contributed by atoms with Crippen LogP contribution in [0.5, 0.6) is 11.5 Å². The first-order valence-electron chi connectivity index (χ1n) is 11.3. The maximum Gasteiger partial charge on any atom is 0.161 e. The summed E-state index contributed by atoms with van der Waals surface area (Å²) >= 11 is 0. The summed E-state index contributed by atoms with van der Waals surface area (Å²) in [7, 11) is 0. The zero-order valence-electron chi connectivity index (χ0n) is 18.2. The second kappa shape index (κ2) is 8.67. The molecule has 1 aliphatic carbocycles. The molecule has 0 spiro atoms. The van der Waals surface area contributed by atoms with Gasteiger partial charge in [0.1, 0.15) is 6.61 Å². The smallest absolute Gasteiger partial charge is 0.161 e. The number of carbonyl (C=O) groups is 1. The highest BCUT2D eigenvalue weighted by atomic mass is 16.5. The quantitative estimate of drug-likeness (QED) is 0.558. The van der Waals surface area contributed by atoms with Crippen LogP contribution in [-0.2, 0) is 4.79 Å². The SMILES string of the molecule is CCOc1cc([C@H]2Nc3c(ccc4ccccc34)C3=C2C(=O)CCC3)ccc1OCCO. The molecule has 0 saturated heterocycles. The molecule has 1 aliphatic heterocycles. The molecule has 2 N–H and O–H groups in total. The Balaban J connectivity index is 1.66. The lowest BCUT2D eigenvalue weighted by atomic mass is 9.77. The fourth-order valence-electron chi connectivity index (χ4n) is 4.87. The van der Waals surface area contributed by atoms with Crippen molar-refractivity contribution in [2.75, 3.05) is 25.1 Å². The molecule has 0 aromatic heterocycles. The van der Waals surface area contributed by atoms with Crippen LogP contribution in [0, 0.1) is 0 Å². The molecular weight excluding hydrogens is 402 g/mol. The summed E-state index contributed by atoms with van der Waals surface area (Å²) in [5, 5.41) is 15.2. The van der Waals surface area contributed by atoms with Crippen LogP contribution in [-0.4, -0.2) is 30.7 Å². The van der Waals surface area contributed by atoms with Crippen molar-refractivity contribution >= 4 is 27.8 Å². The number of ketones is 1. The van der Waals surface area contributed by atoms with Gasteiger partial charge in [0, 0.05) is 22.9 Å². The zero-order valence-corrected chi connectivity index (χ0v) is 18.2. The summed E-state index contributed by atoms with van der Waals surface area (Å²) in [4.78, 5) is 13.1. The van der Waals surface area contributed by atoms with Crippen molar-refractivity contribution in [2.45, 2.75) is 32.2 Å². The zero-order chi connectivity index (χ0) is 22.1. The predicted molar refractivity (Wildman–Crippen MR) is 126 cm³/mol. The Bertz CT molecular complexity index is 1210. The molecule has 0 amide bonds. The highest BCUT2D eigenvalue weighted by Gasteiger charge is 2.35. The normalized spacial score (nSPS) is 17.6. The largest absolute Gasteiger partial charge is 0.490 e. The van der Waals surface area contributed by atoms with Crippen molar-refractivity contribution in [2.24, 2.45) is 0 Å². The van der Waals surface area contributed by atoms with E-state index in [0.717, 1.165) is 46.2 Å². The third kappa shape index (κ3) is 3.53. The van der Waals surface area contributed by atoms with Crippen LogP contribution in [0.15, 0.2) is 60.2 Å². The van der Waals surface area contributed by atoms with Gasteiger partial charge < -0.3 is 19.9 Å². The first kappa shape index (κ1) is 20.6. The van der Waals surface area contributed by atoms with Gasteiger partial charge in [-0.1, -0.05) is 42.5 Å². The standard InChI is InChI=1S/C27H27NO4/c1-2-31-24-16-18(11-13-23(24)32-15-14-29)26-25-20(8-5-9-22(25)30)21-12-10-17-6-3-4-7-19(17)27(21)28-26/h3-4,6-7,10-13,16,26,28-29H,2,5,8-9,14-15H2,1H3/t26-/m1/s1. The number of nitrogens with one attached hydrogen (secondary N) is 1. The Morgan fingerprint density at radius 1 is 1.03 bits per heavy atom. The van der Waals surface area contributed by atoms with Crippen LogP contribution in [0.4, 0.5) is 5.69 Å². The van der Waals surface area contributed by atoms with E-state index < -0.39 is 0 Å². The average molecular weight is 430 g/mol. The minimum atomic E-state index is -0.248. The van der Waals surface area contributed by atoms with E-state index >= 15 is 0 Å². The van der Waals surface area contributed by atoms with Crippen molar-refractivity contribution in [3.8, 4) is 11.5 Å². The Morgan fingerprint density at radius 2 is 1.91 bits per heavy atom. The Morgan fingerprint density at radius 3 is 2.75 bits per heavy atom. The first-order valence-corrected chi connectivity index (χ1v) is 11.3. The minimum absolute atomic E-state index is 0.0634. The molecule has 164 valence electrons. The Kier molecular flexibility index (Phi) is 5.58. The van der Waals surface area contributed by atoms with Gasteiger partial charge in [-0.25, -0.2) is 0 Å². The maximum absolute atomic E-state index is 13.1. The molecule has 0 saturated carbocycles. The fourth-order valence-corrected chi connectivity index (χ4v) is 4.87. The molecule has 32 heavy (non-hydrogen) atoms. The number of aliphatic hydroxyl groups is 1. The summed E-state index contributed by atoms with van der Waals surface area (Å²) in [6.07, 6.45) is 2.37. The molecule has 3 aromatic rings. The van der Waals surface area contributed by atoms with Crippen LogP contribution in [0.2, 0.25) is 0 Å². The van der Waals surface area contributed by atoms with Crippen LogP contribution in [0.25, 0.3) is 16.3 Å². The van der Waals surface area contributed by atoms with Crippen molar-refractivity contribution < 1.29 is 19.4 Å². The van der Waals surface area contributed by atoms with Gasteiger partial charge in [-0.2, -0.15) is 0 Å². The van der Waals surface area contributed by atoms with E-state index in [1.807, 2.05) is 31.2 Å². The van der Waals surface area contributed by atoms with E-state index in [0.29, 0.717) is 24.5 Å². The number of carbonyl (C=O) groups excluding carboxylic acids is 1. The molecule has 0 unspecified atom stereocenters. The number of hydrogen-bond acceptors (Lipinski definition) is 5. The highest BCUT2D eigenvalue weighted by Crippen LogP contribution is 2.48. The number of rotatable bonds is 6. The lowest BCUT2D eigenvalue weighted by Crippen LogP contribution is -2.27. The van der Waals surface area contributed by atoms with E-state index in [9.17, 15) is 4.79 Å². The molecule has 5 nitrogen and oxygen atoms in total. The molecule has 0 fully saturated rings. The molecular formula is C27H27NO4. The second-order valence-corrected chi connectivity index (χ2v) is 8.17. The van der Waals surface area contributed by atoms with Crippen molar-refractivity contribution in [3.63, 3.8) is 0 Å². The van der Waals surface area contributed by atoms with Gasteiger partial charge >= 0.3 is 0 Å². The Hall–Kier alpha value is -3.31. The summed E-state index contributed by atoms with van der Waals surface area (Å²) in [6, 6.07) is 18.2. The lowest BCUT2D eigenvalue weighted by molar-refractivity contribution is -0.116. The third-order valence-corrected chi connectivity index (χ3v) is 6.24. The van der Waals surface area contributed by atoms with Crippen molar-refractivity contribution in [1.29, 1.82) is 0 Å². The molecule has 0 radical (unpaired) electrons. The lowest BCUT2D eigenvalue weighted by Gasteiger charge is -2.35. The van der Waals surface area contributed by atoms with E-state index in [4.69, 9.17) is 14.6 Å². The predicted octanol–water partition coefficient (Wildman–Crippen LogP) is 5.28. The number of fused-ring (bicyclic) bond motifs is 4. The van der Waals surface area contributed by atoms with E-state index in [2.05, 4.69) is 35.6 Å². The third-order valence-electron chi connectivity index (χ3n) is 6.24.